The van der Waals surface area contributed by atoms with Crippen LogP contribution in [-0.4, -0.2) is 35.1 Å². The van der Waals surface area contributed by atoms with Crippen LogP contribution < -0.4 is 0 Å². The molecule has 1 aliphatic heterocycles. The zero-order valence-corrected chi connectivity index (χ0v) is 12.7. The van der Waals surface area contributed by atoms with Gasteiger partial charge in [0.2, 0.25) is 0 Å². The topological polar surface area (TPSA) is 40.5 Å². The van der Waals surface area contributed by atoms with E-state index in [2.05, 4.69) is 18.7 Å². The highest BCUT2D eigenvalue weighted by Gasteiger charge is 2.43. The Morgan fingerprint density at radius 1 is 1.21 bits per heavy atom. The molecular formula is C16H29NO2. The number of carbonyl (C=O) groups is 1. The molecule has 0 spiro atoms. The molecule has 2 unspecified atom stereocenters. The summed E-state index contributed by atoms with van der Waals surface area (Å²) in [6, 6.07) is 0.678. The number of carboxylic acids is 1. The lowest BCUT2D eigenvalue weighted by Gasteiger charge is -2.47. The second-order valence-corrected chi connectivity index (χ2v) is 6.85. The number of rotatable bonds is 3. The van der Waals surface area contributed by atoms with E-state index in [1.165, 1.54) is 19.3 Å². The monoisotopic (exact) mass is 267 g/mol. The van der Waals surface area contributed by atoms with Crippen molar-refractivity contribution < 1.29 is 9.90 Å². The van der Waals surface area contributed by atoms with Gasteiger partial charge in [0.05, 0.1) is 5.41 Å². The van der Waals surface area contributed by atoms with Gasteiger partial charge in [0, 0.05) is 6.04 Å². The first-order valence-corrected chi connectivity index (χ1v) is 7.97. The highest BCUT2D eigenvalue weighted by molar-refractivity contribution is 5.74. The summed E-state index contributed by atoms with van der Waals surface area (Å²) in [4.78, 5) is 14.1. The summed E-state index contributed by atoms with van der Waals surface area (Å²) in [5, 5.41) is 9.47. The Hall–Kier alpha value is -0.570. The van der Waals surface area contributed by atoms with E-state index >= 15 is 0 Å². The van der Waals surface area contributed by atoms with Gasteiger partial charge in [0.25, 0.3) is 0 Å². The first kappa shape index (κ1) is 14.8. The Balaban J connectivity index is 2.01. The molecule has 0 aromatic heterocycles. The number of nitrogens with zero attached hydrogens (tertiary/aromatic N) is 1. The molecule has 1 heterocycles. The Kier molecular flexibility index (Phi) is 4.54. The van der Waals surface area contributed by atoms with Crippen LogP contribution in [0.5, 0.6) is 0 Å². The highest BCUT2D eigenvalue weighted by atomic mass is 16.4. The lowest BCUT2D eigenvalue weighted by molar-refractivity contribution is -0.153. The molecule has 0 radical (unpaired) electrons. The van der Waals surface area contributed by atoms with Crippen molar-refractivity contribution in [3.8, 4) is 0 Å². The number of likely N-dealkylation sites (tertiary alicyclic amines) is 1. The average Bonchev–Trinajstić information content (AvgIpc) is 2.39. The second-order valence-electron chi connectivity index (χ2n) is 6.85. The number of aliphatic carboxylic acids is 1. The van der Waals surface area contributed by atoms with E-state index in [0.29, 0.717) is 6.04 Å². The number of carboxylic acid groups (broad SMARTS) is 1. The fourth-order valence-corrected chi connectivity index (χ4v) is 4.35. The molecule has 2 rings (SSSR count). The van der Waals surface area contributed by atoms with E-state index in [9.17, 15) is 9.90 Å². The Morgan fingerprint density at radius 2 is 1.74 bits per heavy atom. The molecular weight excluding hydrogens is 238 g/mol. The molecule has 3 nitrogen and oxygen atoms in total. The fourth-order valence-electron chi connectivity index (χ4n) is 4.35. The quantitative estimate of drug-likeness (QED) is 0.852. The van der Waals surface area contributed by atoms with E-state index in [1.807, 2.05) is 6.92 Å². The van der Waals surface area contributed by atoms with E-state index in [4.69, 9.17) is 0 Å². The van der Waals surface area contributed by atoms with Crippen LogP contribution in [0.25, 0.3) is 0 Å². The van der Waals surface area contributed by atoms with Gasteiger partial charge < -0.3 is 5.11 Å². The van der Waals surface area contributed by atoms with Crippen molar-refractivity contribution in [3.63, 3.8) is 0 Å². The molecule has 1 saturated heterocycles. The summed E-state index contributed by atoms with van der Waals surface area (Å²) < 4.78 is 0. The van der Waals surface area contributed by atoms with Crippen LogP contribution >= 0.6 is 0 Å². The second kappa shape index (κ2) is 5.82. The summed E-state index contributed by atoms with van der Waals surface area (Å²) in [5.74, 6) is 0.949. The molecule has 0 bridgehead atoms. The van der Waals surface area contributed by atoms with Crippen LogP contribution in [0.4, 0.5) is 0 Å². The Bertz CT molecular complexity index is 311. The SMILES string of the molecule is CCC1(C(=O)O)CCN(C2C(C)CCCC2C)CC1. The molecule has 2 fully saturated rings. The summed E-state index contributed by atoms with van der Waals surface area (Å²) in [7, 11) is 0. The first-order chi connectivity index (χ1) is 9.00. The molecule has 2 atom stereocenters. The largest absolute Gasteiger partial charge is 0.481 e. The standard InChI is InChI=1S/C16H29NO2/c1-4-16(15(18)19)8-10-17(11-9-16)14-12(2)6-5-7-13(14)3/h12-14H,4-11H2,1-3H3,(H,18,19). The molecule has 0 aromatic rings. The van der Waals surface area contributed by atoms with Gasteiger partial charge in [-0.1, -0.05) is 27.2 Å². The molecule has 0 aromatic carbocycles. The van der Waals surface area contributed by atoms with Crippen molar-refractivity contribution in [2.24, 2.45) is 17.3 Å². The third-order valence-electron chi connectivity index (χ3n) is 5.79. The minimum atomic E-state index is -0.584. The third-order valence-corrected chi connectivity index (χ3v) is 5.79. The summed E-state index contributed by atoms with van der Waals surface area (Å²) >= 11 is 0. The van der Waals surface area contributed by atoms with Gasteiger partial charge >= 0.3 is 5.97 Å². The van der Waals surface area contributed by atoms with Crippen LogP contribution in [0.2, 0.25) is 0 Å². The molecule has 1 aliphatic carbocycles. The van der Waals surface area contributed by atoms with Gasteiger partial charge in [-0.15, -0.1) is 0 Å². The van der Waals surface area contributed by atoms with Crippen molar-refractivity contribution in [2.75, 3.05) is 13.1 Å². The van der Waals surface area contributed by atoms with Crippen molar-refractivity contribution in [2.45, 2.75) is 65.3 Å². The summed E-state index contributed by atoms with van der Waals surface area (Å²) in [6.07, 6.45) is 6.46. The predicted octanol–water partition coefficient (Wildman–Crippen LogP) is 3.39. The smallest absolute Gasteiger partial charge is 0.309 e. The average molecular weight is 267 g/mol. The number of piperidine rings is 1. The van der Waals surface area contributed by atoms with Crippen molar-refractivity contribution in [1.29, 1.82) is 0 Å². The van der Waals surface area contributed by atoms with Gasteiger partial charge in [-0.05, 0) is 57.0 Å². The van der Waals surface area contributed by atoms with Gasteiger partial charge in [0.1, 0.15) is 0 Å². The first-order valence-electron chi connectivity index (χ1n) is 7.97. The van der Waals surface area contributed by atoms with Crippen LogP contribution in [0.3, 0.4) is 0 Å². The minimum Gasteiger partial charge on any atom is -0.481 e. The highest BCUT2D eigenvalue weighted by Crippen LogP contribution is 2.39. The zero-order valence-electron chi connectivity index (χ0n) is 12.7. The number of hydrogen-bond acceptors (Lipinski definition) is 2. The Labute approximate surface area is 117 Å². The molecule has 110 valence electrons. The lowest BCUT2D eigenvalue weighted by Crippen LogP contribution is -2.52. The molecule has 2 aliphatic rings. The van der Waals surface area contributed by atoms with Crippen LogP contribution in [0.1, 0.15) is 59.3 Å². The molecule has 0 amide bonds. The summed E-state index contributed by atoms with van der Waals surface area (Å²) in [6.45, 7) is 8.72. The van der Waals surface area contributed by atoms with E-state index in [-0.39, 0.29) is 0 Å². The van der Waals surface area contributed by atoms with Crippen LogP contribution in [-0.2, 0) is 4.79 Å². The van der Waals surface area contributed by atoms with E-state index in [0.717, 1.165) is 44.2 Å². The normalized spacial score (nSPS) is 36.1. The van der Waals surface area contributed by atoms with Gasteiger partial charge in [-0.2, -0.15) is 0 Å². The lowest BCUT2D eigenvalue weighted by atomic mass is 9.73. The number of hydrogen-bond donors (Lipinski definition) is 1. The molecule has 19 heavy (non-hydrogen) atoms. The predicted molar refractivity (Wildman–Crippen MR) is 77.1 cm³/mol. The Morgan fingerprint density at radius 3 is 2.16 bits per heavy atom. The maximum atomic E-state index is 11.5. The molecule has 1 saturated carbocycles. The van der Waals surface area contributed by atoms with Crippen molar-refractivity contribution in [3.05, 3.63) is 0 Å². The van der Waals surface area contributed by atoms with Crippen molar-refractivity contribution in [1.82, 2.24) is 4.90 Å². The molecule has 3 heteroatoms. The van der Waals surface area contributed by atoms with Gasteiger partial charge in [-0.25, -0.2) is 0 Å². The van der Waals surface area contributed by atoms with E-state index in [1.54, 1.807) is 0 Å². The molecule has 1 N–H and O–H groups in total. The zero-order chi connectivity index (χ0) is 14.0. The van der Waals surface area contributed by atoms with Crippen LogP contribution in [0, 0.1) is 17.3 Å². The maximum absolute atomic E-state index is 11.5. The minimum absolute atomic E-state index is 0.447. The van der Waals surface area contributed by atoms with E-state index < -0.39 is 11.4 Å². The third kappa shape index (κ3) is 2.81. The fraction of sp³-hybridized carbons (Fsp3) is 0.938. The van der Waals surface area contributed by atoms with Crippen molar-refractivity contribution >= 4 is 5.97 Å². The summed E-state index contributed by atoms with van der Waals surface area (Å²) in [5.41, 5.74) is -0.447. The van der Waals surface area contributed by atoms with Gasteiger partial charge in [0.15, 0.2) is 0 Å². The van der Waals surface area contributed by atoms with Gasteiger partial charge in [-0.3, -0.25) is 9.69 Å². The van der Waals surface area contributed by atoms with Crippen LogP contribution in [0.15, 0.2) is 0 Å². The maximum Gasteiger partial charge on any atom is 0.309 e.